The van der Waals surface area contributed by atoms with Gasteiger partial charge in [-0.3, -0.25) is 0 Å². The zero-order valence-electron chi connectivity index (χ0n) is 11.2. The number of hydrogen-bond donors (Lipinski definition) is 0. The normalized spacial score (nSPS) is 14.0. The molecule has 0 aliphatic heterocycles. The number of fused-ring (bicyclic) bond motifs is 3. The predicted octanol–water partition coefficient (Wildman–Crippen LogP) is 4.46. The van der Waals surface area contributed by atoms with E-state index in [2.05, 4.69) is 56.4 Å². The SMILES string of the molecule is CC1=C([Si](C)C)c2c(ccc3ccccc23)C1.[Ti]. The second-order valence-corrected chi connectivity index (χ2v) is 7.65. The van der Waals surface area contributed by atoms with Gasteiger partial charge < -0.3 is 0 Å². The Morgan fingerprint density at radius 3 is 2.44 bits per heavy atom. The minimum atomic E-state index is -0.383. The molecule has 1 aliphatic carbocycles. The van der Waals surface area contributed by atoms with Crippen LogP contribution in [0.25, 0.3) is 16.0 Å². The van der Waals surface area contributed by atoms with E-state index in [0.29, 0.717) is 0 Å². The van der Waals surface area contributed by atoms with Gasteiger partial charge in [0.15, 0.2) is 0 Å². The van der Waals surface area contributed by atoms with Crippen LogP contribution >= 0.6 is 0 Å². The molecule has 1 aliphatic rings. The molecule has 0 unspecified atom stereocenters. The van der Waals surface area contributed by atoms with Gasteiger partial charge in [0.05, 0.1) is 8.80 Å². The number of benzene rings is 2. The van der Waals surface area contributed by atoms with Crippen molar-refractivity contribution in [3.05, 3.63) is 53.1 Å². The molecule has 0 bridgehead atoms. The summed E-state index contributed by atoms with van der Waals surface area (Å²) in [4.78, 5) is 0. The van der Waals surface area contributed by atoms with E-state index in [4.69, 9.17) is 0 Å². The molecule has 2 aromatic rings. The van der Waals surface area contributed by atoms with Crippen LogP contribution in [0.4, 0.5) is 0 Å². The third-order valence-electron chi connectivity index (χ3n) is 3.65. The first-order valence-corrected chi connectivity index (χ1v) is 8.70. The van der Waals surface area contributed by atoms with E-state index in [0.717, 1.165) is 6.42 Å². The topological polar surface area (TPSA) is 0 Å². The zero-order valence-corrected chi connectivity index (χ0v) is 13.7. The molecule has 0 spiro atoms. The third kappa shape index (κ3) is 2.05. The van der Waals surface area contributed by atoms with Crippen LogP contribution in [0, 0.1) is 0 Å². The van der Waals surface area contributed by atoms with Gasteiger partial charge in [-0.2, -0.15) is 0 Å². The Balaban J connectivity index is 0.00000120. The number of allylic oxidation sites excluding steroid dienone is 1. The molecular formula is C16H17SiTi. The van der Waals surface area contributed by atoms with Crippen molar-refractivity contribution >= 4 is 24.8 Å². The van der Waals surface area contributed by atoms with Crippen molar-refractivity contribution < 1.29 is 21.7 Å². The van der Waals surface area contributed by atoms with Crippen molar-refractivity contribution in [1.29, 1.82) is 0 Å². The molecule has 0 nitrogen and oxygen atoms in total. The molecule has 0 saturated heterocycles. The summed E-state index contributed by atoms with van der Waals surface area (Å²) >= 11 is 0. The van der Waals surface area contributed by atoms with E-state index in [1.807, 2.05) is 0 Å². The number of rotatable bonds is 1. The Labute approximate surface area is 126 Å². The van der Waals surface area contributed by atoms with Gasteiger partial charge in [0.1, 0.15) is 0 Å². The van der Waals surface area contributed by atoms with Crippen LogP contribution in [-0.4, -0.2) is 8.80 Å². The Morgan fingerprint density at radius 2 is 1.72 bits per heavy atom. The van der Waals surface area contributed by atoms with Crippen LogP contribution in [0.15, 0.2) is 42.0 Å². The summed E-state index contributed by atoms with van der Waals surface area (Å²) in [5.41, 5.74) is 4.68. The number of hydrogen-bond acceptors (Lipinski definition) is 0. The van der Waals surface area contributed by atoms with Crippen molar-refractivity contribution in [2.45, 2.75) is 26.4 Å². The van der Waals surface area contributed by atoms with Crippen molar-refractivity contribution in [1.82, 2.24) is 0 Å². The third-order valence-corrected chi connectivity index (χ3v) is 5.32. The first-order valence-electron chi connectivity index (χ1n) is 6.20. The van der Waals surface area contributed by atoms with Gasteiger partial charge in [0.25, 0.3) is 0 Å². The van der Waals surface area contributed by atoms with E-state index in [9.17, 15) is 0 Å². The Morgan fingerprint density at radius 1 is 1.00 bits per heavy atom. The summed E-state index contributed by atoms with van der Waals surface area (Å²) in [6.07, 6.45) is 1.16. The van der Waals surface area contributed by atoms with E-state index in [1.165, 1.54) is 16.3 Å². The minimum absolute atomic E-state index is 0. The molecule has 3 rings (SSSR count). The van der Waals surface area contributed by atoms with Gasteiger partial charge in [-0.05, 0) is 35.2 Å². The summed E-state index contributed by atoms with van der Waals surface area (Å²) < 4.78 is 0. The monoisotopic (exact) mass is 285 g/mol. The van der Waals surface area contributed by atoms with Crippen LogP contribution in [0.1, 0.15) is 18.1 Å². The smallest absolute Gasteiger partial charge is 0.0693 e. The van der Waals surface area contributed by atoms with E-state index in [-0.39, 0.29) is 30.5 Å². The molecule has 0 fully saturated rings. The van der Waals surface area contributed by atoms with Crippen LogP contribution < -0.4 is 0 Å². The van der Waals surface area contributed by atoms with Gasteiger partial charge >= 0.3 is 0 Å². The van der Waals surface area contributed by atoms with Crippen LogP contribution in [0.3, 0.4) is 0 Å². The average Bonchev–Trinajstić information content (AvgIpc) is 2.65. The second kappa shape index (κ2) is 5.16. The fraction of sp³-hybridized carbons (Fsp3) is 0.250. The van der Waals surface area contributed by atoms with Crippen molar-refractivity contribution in [2.75, 3.05) is 0 Å². The molecule has 0 aromatic heterocycles. The summed E-state index contributed by atoms with van der Waals surface area (Å²) in [6, 6.07) is 13.4. The standard InChI is InChI=1S/C16H17Si.Ti/c1-11-10-13-9-8-12-6-4-5-7-14(12)15(13)16(11)17(2)3;/h4-9H,10H2,1-3H3;. The molecule has 1 radical (unpaired) electrons. The average molecular weight is 285 g/mol. The second-order valence-electron chi connectivity index (χ2n) is 5.15. The predicted molar refractivity (Wildman–Crippen MR) is 77.7 cm³/mol. The van der Waals surface area contributed by atoms with Crippen molar-refractivity contribution in [3.63, 3.8) is 0 Å². The molecule has 89 valence electrons. The molecule has 18 heavy (non-hydrogen) atoms. The summed E-state index contributed by atoms with van der Waals surface area (Å²) in [7, 11) is -0.383. The molecule has 2 aromatic carbocycles. The van der Waals surface area contributed by atoms with Gasteiger partial charge in [0, 0.05) is 21.7 Å². The first kappa shape index (κ1) is 13.8. The maximum atomic E-state index is 2.40. The fourth-order valence-corrected chi connectivity index (χ4v) is 4.76. The maximum Gasteiger partial charge on any atom is 0.0799 e. The molecule has 2 heteroatoms. The summed E-state index contributed by atoms with van der Waals surface area (Å²) in [5, 5.41) is 4.49. The van der Waals surface area contributed by atoms with Crippen LogP contribution in [0.2, 0.25) is 13.1 Å². The van der Waals surface area contributed by atoms with Crippen LogP contribution in [-0.2, 0) is 28.1 Å². The molecule has 0 saturated carbocycles. The van der Waals surface area contributed by atoms with E-state index >= 15 is 0 Å². The summed E-state index contributed by atoms with van der Waals surface area (Å²) in [6.45, 7) is 7.11. The van der Waals surface area contributed by atoms with Gasteiger partial charge in [0.2, 0.25) is 0 Å². The molecule has 0 N–H and O–H groups in total. The van der Waals surface area contributed by atoms with Gasteiger partial charge in [-0.1, -0.05) is 60.3 Å². The molecule has 0 amide bonds. The van der Waals surface area contributed by atoms with Gasteiger partial charge in [-0.15, -0.1) is 0 Å². The fourth-order valence-electron chi connectivity index (χ4n) is 3.02. The largest absolute Gasteiger partial charge is 0.0799 e. The van der Waals surface area contributed by atoms with Crippen LogP contribution in [0.5, 0.6) is 0 Å². The summed E-state index contributed by atoms with van der Waals surface area (Å²) in [5.74, 6) is 0. The molecule has 0 atom stereocenters. The first-order chi connectivity index (χ1) is 8.18. The molecular weight excluding hydrogens is 268 g/mol. The minimum Gasteiger partial charge on any atom is -0.0693 e. The van der Waals surface area contributed by atoms with Gasteiger partial charge in [-0.25, -0.2) is 0 Å². The van der Waals surface area contributed by atoms with Crippen molar-refractivity contribution in [2.24, 2.45) is 0 Å². The van der Waals surface area contributed by atoms with E-state index < -0.39 is 0 Å². The Hall–Kier alpha value is -0.629. The zero-order chi connectivity index (χ0) is 12.0. The Bertz CT molecular complexity index is 626. The quantitative estimate of drug-likeness (QED) is 0.679. The van der Waals surface area contributed by atoms with Crippen molar-refractivity contribution in [3.8, 4) is 0 Å². The van der Waals surface area contributed by atoms with E-state index in [1.54, 1.807) is 16.3 Å². The molecule has 0 heterocycles. The maximum absolute atomic E-state index is 2.40. The Kier molecular flexibility index (Phi) is 3.96.